The summed E-state index contributed by atoms with van der Waals surface area (Å²) in [6.45, 7) is 5.38. The van der Waals surface area contributed by atoms with E-state index in [1.165, 1.54) is 12.1 Å². The molecule has 0 saturated carbocycles. The van der Waals surface area contributed by atoms with Gasteiger partial charge in [0.05, 0.1) is 11.7 Å². The molecule has 0 radical (unpaired) electrons. The van der Waals surface area contributed by atoms with Crippen LogP contribution in [0.2, 0.25) is 5.02 Å². The summed E-state index contributed by atoms with van der Waals surface area (Å²) in [6.07, 6.45) is 0.652. The van der Waals surface area contributed by atoms with E-state index in [1.54, 1.807) is 26.0 Å². The van der Waals surface area contributed by atoms with Gasteiger partial charge in [-0.3, -0.25) is 4.79 Å². The number of halogens is 2. The maximum absolute atomic E-state index is 13.6. The van der Waals surface area contributed by atoms with E-state index in [9.17, 15) is 14.0 Å². The largest absolute Gasteiger partial charge is 0.460 e. The van der Waals surface area contributed by atoms with Gasteiger partial charge >= 0.3 is 5.97 Å². The van der Waals surface area contributed by atoms with Crippen LogP contribution in [0.3, 0.4) is 0 Å². The summed E-state index contributed by atoms with van der Waals surface area (Å²) in [5, 5.41) is 3.96. The zero-order valence-corrected chi connectivity index (χ0v) is 19.0. The highest BCUT2D eigenvalue weighted by Crippen LogP contribution is 2.45. The van der Waals surface area contributed by atoms with Gasteiger partial charge in [0.2, 0.25) is 0 Å². The predicted molar refractivity (Wildman–Crippen MR) is 122 cm³/mol. The summed E-state index contributed by atoms with van der Waals surface area (Å²) in [7, 11) is 0. The Balaban J connectivity index is 1.78. The van der Waals surface area contributed by atoms with Crippen LogP contribution in [0.5, 0.6) is 0 Å². The predicted octanol–water partition coefficient (Wildman–Crippen LogP) is 5.79. The number of carbonyl (C=O) groups is 2. The summed E-state index contributed by atoms with van der Waals surface area (Å²) < 4.78 is 19.1. The number of dihydropyridines is 1. The van der Waals surface area contributed by atoms with Gasteiger partial charge in [-0.1, -0.05) is 35.9 Å². The number of hydrogen-bond donors (Lipinski definition) is 1. The third-order valence-corrected chi connectivity index (χ3v) is 6.19. The molecule has 0 aromatic heterocycles. The van der Waals surface area contributed by atoms with Crippen molar-refractivity contribution in [3.05, 3.63) is 93.0 Å². The minimum atomic E-state index is -0.600. The first-order valence-electron chi connectivity index (χ1n) is 10.7. The van der Waals surface area contributed by atoms with Crippen molar-refractivity contribution in [2.75, 3.05) is 0 Å². The van der Waals surface area contributed by atoms with Crippen LogP contribution >= 0.6 is 11.6 Å². The third kappa shape index (κ3) is 4.35. The maximum atomic E-state index is 13.6. The Hall–Kier alpha value is -2.92. The van der Waals surface area contributed by atoms with Crippen LogP contribution in [0.4, 0.5) is 4.39 Å². The van der Waals surface area contributed by atoms with Crippen LogP contribution < -0.4 is 5.32 Å². The zero-order chi connectivity index (χ0) is 23.0. The van der Waals surface area contributed by atoms with Gasteiger partial charge in [0, 0.05) is 34.3 Å². The first kappa shape index (κ1) is 22.3. The summed E-state index contributed by atoms with van der Waals surface area (Å²) in [6, 6.07) is 13.5. The first-order chi connectivity index (χ1) is 15.2. The minimum absolute atomic E-state index is 0.0110. The standard InChI is InChI=1S/C26H25ClFNO3/c1-14(2)32-26(31)23-15(3)29-21-12-18(16-4-8-19(27)9-5-16)13-22(30)25(21)24(23)17-6-10-20(28)11-7-17/h4-11,14,18,24,29H,12-13H2,1-3H3/t18-,24-/m1/s1. The average Bonchev–Trinajstić information content (AvgIpc) is 2.73. The molecular formula is C26H25ClFNO3. The van der Waals surface area contributed by atoms with Gasteiger partial charge in [0.1, 0.15) is 5.82 Å². The number of nitrogens with one attached hydrogen (secondary N) is 1. The lowest BCUT2D eigenvalue weighted by atomic mass is 9.72. The highest BCUT2D eigenvalue weighted by Gasteiger charge is 2.41. The summed E-state index contributed by atoms with van der Waals surface area (Å²) in [4.78, 5) is 26.5. The Morgan fingerprint density at radius 1 is 1.06 bits per heavy atom. The minimum Gasteiger partial charge on any atom is -0.460 e. The van der Waals surface area contributed by atoms with Crippen molar-refractivity contribution in [1.82, 2.24) is 5.32 Å². The van der Waals surface area contributed by atoms with Gasteiger partial charge in [0.25, 0.3) is 0 Å². The molecular weight excluding hydrogens is 429 g/mol. The van der Waals surface area contributed by atoms with E-state index in [0.717, 1.165) is 11.3 Å². The molecule has 1 aliphatic heterocycles. The van der Waals surface area contributed by atoms with Crippen molar-refractivity contribution >= 4 is 23.4 Å². The molecule has 2 aliphatic rings. The Kier molecular flexibility index (Phi) is 6.20. The smallest absolute Gasteiger partial charge is 0.337 e. The van der Waals surface area contributed by atoms with Crippen molar-refractivity contribution in [2.24, 2.45) is 0 Å². The highest BCUT2D eigenvalue weighted by molar-refractivity contribution is 6.30. The van der Waals surface area contributed by atoms with Crippen molar-refractivity contribution < 1.29 is 18.7 Å². The van der Waals surface area contributed by atoms with E-state index in [0.29, 0.717) is 40.3 Å². The molecule has 4 rings (SSSR count). The molecule has 0 bridgehead atoms. The third-order valence-electron chi connectivity index (χ3n) is 5.93. The Morgan fingerprint density at radius 2 is 1.69 bits per heavy atom. The second-order valence-corrected chi connectivity index (χ2v) is 9.01. The molecule has 32 heavy (non-hydrogen) atoms. The SMILES string of the molecule is CC1=C(C(=O)OC(C)C)[C@@H](c2ccc(F)cc2)C2=C(C[C@@H](c3ccc(Cl)cc3)CC2=O)N1. The lowest BCUT2D eigenvalue weighted by Crippen LogP contribution is -2.36. The van der Waals surface area contributed by atoms with Crippen LogP contribution in [-0.2, 0) is 14.3 Å². The average molecular weight is 454 g/mol. The number of carbonyl (C=O) groups excluding carboxylic acids is 2. The van der Waals surface area contributed by atoms with Crippen molar-refractivity contribution in [1.29, 1.82) is 0 Å². The molecule has 0 spiro atoms. The number of ketones is 1. The Morgan fingerprint density at radius 3 is 2.31 bits per heavy atom. The highest BCUT2D eigenvalue weighted by atomic mass is 35.5. The molecule has 2 aromatic rings. The summed E-state index contributed by atoms with van der Waals surface area (Å²) in [5.74, 6) is -1.47. The second-order valence-electron chi connectivity index (χ2n) is 8.57. The molecule has 0 fully saturated rings. The number of rotatable bonds is 4. The van der Waals surface area contributed by atoms with E-state index in [2.05, 4.69) is 5.32 Å². The van der Waals surface area contributed by atoms with Gasteiger partial charge in [0.15, 0.2) is 5.78 Å². The monoisotopic (exact) mass is 453 g/mol. The van der Waals surface area contributed by atoms with Crippen LogP contribution in [0, 0.1) is 5.82 Å². The van der Waals surface area contributed by atoms with Crippen LogP contribution in [0.15, 0.2) is 71.1 Å². The van der Waals surface area contributed by atoms with E-state index in [1.807, 2.05) is 31.2 Å². The maximum Gasteiger partial charge on any atom is 0.337 e. The molecule has 1 heterocycles. The van der Waals surface area contributed by atoms with E-state index < -0.39 is 11.9 Å². The summed E-state index contributed by atoms with van der Waals surface area (Å²) >= 11 is 6.02. The topological polar surface area (TPSA) is 55.4 Å². The molecule has 1 aliphatic carbocycles. The normalized spacial score (nSPS) is 20.9. The van der Waals surface area contributed by atoms with E-state index in [-0.39, 0.29) is 23.6 Å². The quantitative estimate of drug-likeness (QED) is 0.595. The van der Waals surface area contributed by atoms with Gasteiger partial charge in [-0.2, -0.15) is 0 Å². The molecule has 2 aromatic carbocycles. The molecule has 166 valence electrons. The summed E-state index contributed by atoms with van der Waals surface area (Å²) in [5.41, 5.74) is 4.13. The number of benzene rings is 2. The van der Waals surface area contributed by atoms with Crippen LogP contribution in [0.1, 0.15) is 56.6 Å². The molecule has 4 nitrogen and oxygen atoms in total. The molecule has 0 amide bonds. The number of esters is 1. The van der Waals surface area contributed by atoms with Crippen molar-refractivity contribution in [3.63, 3.8) is 0 Å². The van der Waals surface area contributed by atoms with Crippen LogP contribution in [0.25, 0.3) is 0 Å². The number of hydrogen-bond acceptors (Lipinski definition) is 4. The van der Waals surface area contributed by atoms with E-state index in [4.69, 9.17) is 16.3 Å². The van der Waals surface area contributed by atoms with Gasteiger partial charge in [-0.25, -0.2) is 9.18 Å². The second kappa shape index (κ2) is 8.91. The lowest BCUT2D eigenvalue weighted by Gasteiger charge is -2.37. The number of ether oxygens (including phenoxy) is 1. The van der Waals surface area contributed by atoms with Gasteiger partial charge in [-0.05, 0) is 68.5 Å². The van der Waals surface area contributed by atoms with Crippen molar-refractivity contribution in [3.8, 4) is 0 Å². The lowest BCUT2D eigenvalue weighted by molar-refractivity contribution is -0.143. The van der Waals surface area contributed by atoms with Crippen LogP contribution in [-0.4, -0.2) is 17.9 Å². The van der Waals surface area contributed by atoms with Gasteiger partial charge in [-0.15, -0.1) is 0 Å². The number of allylic oxidation sites excluding steroid dienone is 3. The number of Topliss-reactive ketones (excluding diaryl/α,β-unsaturated/α-hetero) is 1. The zero-order valence-electron chi connectivity index (χ0n) is 18.2. The van der Waals surface area contributed by atoms with Crippen molar-refractivity contribution in [2.45, 2.75) is 51.6 Å². The first-order valence-corrected chi connectivity index (χ1v) is 11.1. The van der Waals surface area contributed by atoms with E-state index >= 15 is 0 Å². The molecule has 0 saturated heterocycles. The van der Waals surface area contributed by atoms with Gasteiger partial charge < -0.3 is 10.1 Å². The Bertz CT molecular complexity index is 1120. The molecule has 1 N–H and O–H groups in total. The molecule has 2 atom stereocenters. The fourth-order valence-corrected chi connectivity index (χ4v) is 4.67. The fourth-order valence-electron chi connectivity index (χ4n) is 4.55. The fraction of sp³-hybridized carbons (Fsp3) is 0.308. The molecule has 0 unspecified atom stereocenters. The molecule has 6 heteroatoms. The Labute approximate surface area is 192 Å².